The van der Waals surface area contributed by atoms with Crippen LogP contribution in [0, 0.1) is 36.5 Å². The molecule has 0 aliphatic carbocycles. The third kappa shape index (κ3) is 5.91. The van der Waals surface area contributed by atoms with Crippen molar-refractivity contribution >= 4 is 43.6 Å². The van der Waals surface area contributed by atoms with Gasteiger partial charge in [0, 0.05) is 32.7 Å². The van der Waals surface area contributed by atoms with Crippen molar-refractivity contribution < 1.29 is 13.2 Å². The summed E-state index contributed by atoms with van der Waals surface area (Å²) < 4.78 is 46.5. The molecule has 2 heterocycles. The first-order chi connectivity index (χ1) is 29.1. The summed E-state index contributed by atoms with van der Waals surface area (Å²) >= 11 is 0. The Labute approximate surface area is 343 Å². The van der Waals surface area contributed by atoms with Crippen molar-refractivity contribution in [2.24, 2.45) is 0 Å². The highest BCUT2D eigenvalue weighted by Gasteiger charge is 2.32. The zero-order chi connectivity index (χ0) is 41.3. The number of alkyl halides is 3. The maximum absolute atomic E-state index is 14.1. The number of hydrogen-bond acceptors (Lipinski definition) is 2. The quantitative estimate of drug-likeness (QED) is 0.175. The smallest absolute Gasteiger partial charge is 0.309 e. The molecule has 0 amide bonds. The zero-order valence-corrected chi connectivity index (χ0v) is 32.5. The van der Waals surface area contributed by atoms with E-state index in [4.69, 9.17) is 0 Å². The highest BCUT2D eigenvalue weighted by Crippen LogP contribution is 2.43. The Hall–Kier alpha value is -7.87. The van der Waals surface area contributed by atoms with Crippen molar-refractivity contribution in [1.29, 1.82) is 10.5 Å². The molecule has 0 saturated carbocycles. The molecule has 0 fully saturated rings. The molecule has 0 N–H and O–H groups in total. The summed E-state index contributed by atoms with van der Waals surface area (Å²) in [5.41, 5.74) is 11.2. The SMILES string of the molecule is Cc1cccc(-c2ccc3c(c2)c2ccccc2n3-c2cc(-c3ccc(C(F)(F)F)cc3C#N)c(-n3c4ccccc4c4cc(-c5cccc(C)c5)ccc43)cc2C#N)c1. The topological polar surface area (TPSA) is 57.4 Å². The fourth-order valence-corrected chi connectivity index (χ4v) is 8.77. The molecule has 0 aliphatic rings. The largest absolute Gasteiger partial charge is 0.416 e. The van der Waals surface area contributed by atoms with E-state index in [1.54, 1.807) is 0 Å². The van der Waals surface area contributed by atoms with Gasteiger partial charge in [0.2, 0.25) is 0 Å². The summed E-state index contributed by atoms with van der Waals surface area (Å²) in [4.78, 5) is 0. The van der Waals surface area contributed by atoms with Crippen molar-refractivity contribution in [2.75, 3.05) is 0 Å². The maximum atomic E-state index is 14.1. The number of nitriles is 2. The average Bonchev–Trinajstić information content (AvgIpc) is 3.77. The van der Waals surface area contributed by atoms with Crippen LogP contribution in [0.15, 0.2) is 164 Å². The van der Waals surface area contributed by atoms with Crippen LogP contribution in [0.1, 0.15) is 27.8 Å². The first kappa shape index (κ1) is 36.5. The van der Waals surface area contributed by atoms with E-state index in [-0.39, 0.29) is 5.56 Å². The van der Waals surface area contributed by atoms with Crippen molar-refractivity contribution in [2.45, 2.75) is 20.0 Å². The van der Waals surface area contributed by atoms with Gasteiger partial charge in [0.05, 0.1) is 56.2 Å². The molecular formula is C53H33F3N4. The summed E-state index contributed by atoms with van der Waals surface area (Å²) in [7, 11) is 0. The molecule has 0 unspecified atom stereocenters. The van der Waals surface area contributed by atoms with Crippen LogP contribution in [0.2, 0.25) is 0 Å². The van der Waals surface area contributed by atoms with Gasteiger partial charge in [-0.2, -0.15) is 23.7 Å². The van der Waals surface area contributed by atoms with E-state index in [1.165, 1.54) is 6.07 Å². The van der Waals surface area contributed by atoms with Gasteiger partial charge >= 0.3 is 6.18 Å². The van der Waals surface area contributed by atoms with Crippen LogP contribution in [-0.2, 0) is 6.18 Å². The number of aryl methyl sites for hydroxylation is 2. The Bertz CT molecular complexity index is 3480. The third-order valence-electron chi connectivity index (χ3n) is 11.5. The molecule has 8 aromatic carbocycles. The minimum absolute atomic E-state index is 0.130. The number of aromatic nitrogens is 2. The van der Waals surface area contributed by atoms with Crippen LogP contribution in [0.5, 0.6) is 0 Å². The van der Waals surface area contributed by atoms with E-state index < -0.39 is 11.7 Å². The van der Waals surface area contributed by atoms with Gasteiger partial charge in [-0.15, -0.1) is 0 Å². The van der Waals surface area contributed by atoms with Crippen LogP contribution >= 0.6 is 0 Å². The predicted octanol–water partition coefficient (Wildman–Crippen LogP) is 14.3. The Morgan fingerprint density at radius 1 is 0.417 bits per heavy atom. The van der Waals surface area contributed by atoms with Crippen LogP contribution < -0.4 is 0 Å². The van der Waals surface area contributed by atoms with Crippen LogP contribution in [-0.4, -0.2) is 9.13 Å². The third-order valence-corrected chi connectivity index (χ3v) is 11.5. The van der Waals surface area contributed by atoms with Gasteiger partial charge in [-0.05, 0) is 96.8 Å². The monoisotopic (exact) mass is 782 g/mol. The number of benzene rings is 8. The second-order valence-electron chi connectivity index (χ2n) is 15.3. The molecule has 0 spiro atoms. The Morgan fingerprint density at radius 3 is 1.43 bits per heavy atom. The molecule has 10 aromatic rings. The van der Waals surface area contributed by atoms with Gasteiger partial charge in [-0.25, -0.2) is 0 Å². The van der Waals surface area contributed by atoms with E-state index >= 15 is 0 Å². The van der Waals surface area contributed by atoms with Gasteiger partial charge < -0.3 is 9.13 Å². The van der Waals surface area contributed by atoms with Gasteiger partial charge in [0.1, 0.15) is 6.07 Å². The predicted molar refractivity (Wildman–Crippen MR) is 235 cm³/mol. The molecule has 0 aliphatic heterocycles. The fourth-order valence-electron chi connectivity index (χ4n) is 8.77. The maximum Gasteiger partial charge on any atom is 0.416 e. The normalized spacial score (nSPS) is 11.7. The van der Waals surface area contributed by atoms with Gasteiger partial charge in [0.15, 0.2) is 0 Å². The van der Waals surface area contributed by atoms with Crippen molar-refractivity contribution in [3.05, 3.63) is 192 Å². The van der Waals surface area contributed by atoms with Gasteiger partial charge in [0.25, 0.3) is 0 Å². The number of halogens is 3. The van der Waals surface area contributed by atoms with Crippen LogP contribution in [0.25, 0.3) is 88.4 Å². The summed E-state index contributed by atoms with van der Waals surface area (Å²) in [6.07, 6.45) is -4.65. The summed E-state index contributed by atoms with van der Waals surface area (Å²) in [6.45, 7) is 4.12. The molecule has 286 valence electrons. The second kappa shape index (κ2) is 13.9. The van der Waals surface area contributed by atoms with E-state index in [2.05, 4.69) is 109 Å². The van der Waals surface area contributed by atoms with Crippen molar-refractivity contribution in [3.63, 3.8) is 0 Å². The Morgan fingerprint density at radius 2 is 0.917 bits per heavy atom. The lowest BCUT2D eigenvalue weighted by molar-refractivity contribution is -0.137. The van der Waals surface area contributed by atoms with Crippen molar-refractivity contribution in [1.82, 2.24) is 9.13 Å². The standard InChI is InChI=1S/C53H33F3N4/c1-32-9-7-11-34(23-32)36-17-21-49-44(26-36)42-13-3-5-15-47(42)59(49)51-29-46(41-20-19-40(53(54,55)56)25-38(41)30-57)52(28-39(51)31-58)60-48-16-6-4-14-43(48)45-27-37(18-22-50(45)60)35-12-8-10-33(2)24-35/h3-29H,1-2H3. The molecule has 4 nitrogen and oxygen atoms in total. The number of fused-ring (bicyclic) bond motifs is 6. The lowest BCUT2D eigenvalue weighted by Gasteiger charge is -2.20. The zero-order valence-electron chi connectivity index (χ0n) is 32.5. The van der Waals surface area contributed by atoms with Gasteiger partial charge in [-0.3, -0.25) is 0 Å². The van der Waals surface area contributed by atoms with Crippen LogP contribution in [0.4, 0.5) is 13.2 Å². The minimum Gasteiger partial charge on any atom is -0.309 e. The molecule has 60 heavy (non-hydrogen) atoms. The molecule has 0 bridgehead atoms. The molecule has 7 heteroatoms. The number of hydrogen-bond donors (Lipinski definition) is 0. The van der Waals surface area contributed by atoms with E-state index in [1.807, 2.05) is 71.3 Å². The fraction of sp³-hybridized carbons (Fsp3) is 0.0566. The molecule has 0 radical (unpaired) electrons. The summed E-state index contributed by atoms with van der Waals surface area (Å²) in [5, 5.41) is 25.4. The molecule has 0 saturated heterocycles. The van der Waals surface area contributed by atoms with E-state index in [9.17, 15) is 23.7 Å². The van der Waals surface area contributed by atoms with Crippen LogP contribution in [0.3, 0.4) is 0 Å². The second-order valence-corrected chi connectivity index (χ2v) is 15.3. The molecular weight excluding hydrogens is 750 g/mol. The average molecular weight is 783 g/mol. The lowest BCUT2D eigenvalue weighted by atomic mass is 9.94. The van der Waals surface area contributed by atoms with E-state index in [0.717, 1.165) is 89.1 Å². The highest BCUT2D eigenvalue weighted by atomic mass is 19.4. The first-order valence-electron chi connectivity index (χ1n) is 19.5. The summed E-state index contributed by atoms with van der Waals surface area (Å²) in [5.74, 6) is 0. The highest BCUT2D eigenvalue weighted by molar-refractivity contribution is 6.12. The molecule has 0 atom stereocenters. The lowest BCUT2D eigenvalue weighted by Crippen LogP contribution is -2.07. The summed E-state index contributed by atoms with van der Waals surface area (Å²) in [6, 6.07) is 56.7. The Balaban J connectivity index is 1.29. The van der Waals surface area contributed by atoms with E-state index in [0.29, 0.717) is 28.1 Å². The first-order valence-corrected chi connectivity index (χ1v) is 19.5. The van der Waals surface area contributed by atoms with Gasteiger partial charge in [-0.1, -0.05) is 114 Å². The number of para-hydroxylation sites is 2. The number of rotatable bonds is 5. The number of nitrogens with zero attached hydrogens (tertiary/aromatic N) is 4. The molecule has 10 rings (SSSR count). The minimum atomic E-state index is -4.65. The Kier molecular flexibility index (Phi) is 8.45. The van der Waals surface area contributed by atoms with Crippen molar-refractivity contribution in [3.8, 4) is 56.9 Å². The molecule has 2 aromatic heterocycles.